The minimum atomic E-state index is -3.56. The second-order valence-electron chi connectivity index (χ2n) is 7.83. The maximum atomic E-state index is 13.1. The van der Waals surface area contributed by atoms with Crippen LogP contribution < -0.4 is 10.1 Å². The van der Waals surface area contributed by atoms with Gasteiger partial charge in [0.05, 0.1) is 4.90 Å². The van der Waals surface area contributed by atoms with Gasteiger partial charge in [0, 0.05) is 19.6 Å². The highest BCUT2D eigenvalue weighted by Crippen LogP contribution is 2.26. The van der Waals surface area contributed by atoms with Crippen LogP contribution in [0.3, 0.4) is 0 Å². The van der Waals surface area contributed by atoms with Gasteiger partial charge in [0.25, 0.3) is 5.91 Å². The molecule has 6 nitrogen and oxygen atoms in total. The number of carbonyl (C=O) groups excluding carboxylic acids is 1. The smallest absolute Gasteiger partial charge is 0.258 e. The SMILES string of the molecule is CC(C)c1ccccc1OCC(=O)NCc1ccccc1S(=O)(=O)N1CCCCC1. The van der Waals surface area contributed by atoms with E-state index in [-0.39, 0.29) is 29.9 Å². The van der Waals surface area contributed by atoms with Crippen LogP contribution in [0.5, 0.6) is 5.75 Å². The Morgan fingerprint density at radius 1 is 1.03 bits per heavy atom. The fourth-order valence-electron chi connectivity index (χ4n) is 3.62. The molecule has 1 heterocycles. The number of ether oxygens (including phenoxy) is 1. The summed E-state index contributed by atoms with van der Waals surface area (Å²) in [6.07, 6.45) is 2.82. The van der Waals surface area contributed by atoms with Crippen molar-refractivity contribution in [1.82, 2.24) is 9.62 Å². The first kappa shape index (κ1) is 22.3. The van der Waals surface area contributed by atoms with Crippen LogP contribution in [0.1, 0.15) is 50.2 Å². The van der Waals surface area contributed by atoms with Gasteiger partial charge in [0.2, 0.25) is 10.0 Å². The summed E-state index contributed by atoms with van der Waals surface area (Å²) in [6.45, 7) is 5.25. The highest BCUT2D eigenvalue weighted by atomic mass is 32.2. The molecule has 1 N–H and O–H groups in total. The van der Waals surface area contributed by atoms with E-state index in [1.54, 1.807) is 28.6 Å². The molecule has 2 aromatic carbocycles. The summed E-state index contributed by atoms with van der Waals surface area (Å²) < 4.78 is 33.4. The van der Waals surface area contributed by atoms with E-state index in [4.69, 9.17) is 4.74 Å². The van der Waals surface area contributed by atoms with Crippen LogP contribution in [-0.2, 0) is 21.4 Å². The third kappa shape index (κ3) is 5.40. The van der Waals surface area contributed by atoms with Crippen LogP contribution in [0.25, 0.3) is 0 Å². The van der Waals surface area contributed by atoms with E-state index in [1.165, 1.54) is 0 Å². The summed E-state index contributed by atoms with van der Waals surface area (Å²) in [6, 6.07) is 14.5. The first-order valence-electron chi connectivity index (χ1n) is 10.5. The molecule has 0 bridgehead atoms. The average molecular weight is 431 g/mol. The predicted octanol–water partition coefficient (Wildman–Crippen LogP) is 3.68. The maximum absolute atomic E-state index is 13.1. The maximum Gasteiger partial charge on any atom is 0.258 e. The molecule has 1 fully saturated rings. The van der Waals surface area contributed by atoms with E-state index in [9.17, 15) is 13.2 Å². The fraction of sp³-hybridized carbons (Fsp3) is 0.435. The third-order valence-corrected chi connectivity index (χ3v) is 7.28. The zero-order chi connectivity index (χ0) is 21.6. The zero-order valence-corrected chi connectivity index (χ0v) is 18.5. The Labute approximate surface area is 179 Å². The highest BCUT2D eigenvalue weighted by Gasteiger charge is 2.27. The van der Waals surface area contributed by atoms with Crippen molar-refractivity contribution in [2.24, 2.45) is 0 Å². The molecule has 0 unspecified atom stereocenters. The van der Waals surface area contributed by atoms with Gasteiger partial charge >= 0.3 is 0 Å². The number of hydrogen-bond donors (Lipinski definition) is 1. The molecule has 0 radical (unpaired) electrons. The quantitative estimate of drug-likeness (QED) is 0.693. The van der Waals surface area contributed by atoms with E-state index >= 15 is 0 Å². The van der Waals surface area contributed by atoms with Gasteiger partial charge in [-0.15, -0.1) is 0 Å². The van der Waals surface area contributed by atoms with Crippen LogP contribution in [0.2, 0.25) is 0 Å². The Bertz CT molecular complexity index is 967. The minimum Gasteiger partial charge on any atom is -0.483 e. The normalized spacial score (nSPS) is 15.2. The minimum absolute atomic E-state index is 0.120. The lowest BCUT2D eigenvalue weighted by molar-refractivity contribution is -0.123. The largest absolute Gasteiger partial charge is 0.483 e. The lowest BCUT2D eigenvalue weighted by Crippen LogP contribution is -2.36. The number of nitrogens with zero attached hydrogens (tertiary/aromatic N) is 1. The average Bonchev–Trinajstić information content (AvgIpc) is 2.77. The summed E-state index contributed by atoms with van der Waals surface area (Å²) in [5, 5.41) is 2.79. The summed E-state index contributed by atoms with van der Waals surface area (Å²) in [5.74, 6) is 0.686. The van der Waals surface area contributed by atoms with Crippen LogP contribution in [0.4, 0.5) is 0 Å². The Morgan fingerprint density at radius 3 is 2.43 bits per heavy atom. The molecule has 0 aromatic heterocycles. The standard InChI is InChI=1S/C23H30N2O4S/c1-18(2)20-11-5-6-12-21(20)29-17-23(26)24-16-19-10-4-7-13-22(19)30(27,28)25-14-8-3-9-15-25/h4-7,10-13,18H,3,8-9,14-17H2,1-2H3,(H,24,26). The van der Waals surface area contributed by atoms with E-state index in [0.29, 0.717) is 24.4 Å². The van der Waals surface area contributed by atoms with Crippen molar-refractivity contribution in [1.29, 1.82) is 0 Å². The van der Waals surface area contributed by atoms with Crippen LogP contribution in [0.15, 0.2) is 53.4 Å². The number of nitrogens with one attached hydrogen (secondary N) is 1. The van der Waals surface area contributed by atoms with Gasteiger partial charge in [-0.2, -0.15) is 4.31 Å². The topological polar surface area (TPSA) is 75.7 Å². The van der Waals surface area contributed by atoms with Crippen molar-refractivity contribution < 1.29 is 17.9 Å². The molecule has 1 saturated heterocycles. The van der Waals surface area contributed by atoms with Crippen LogP contribution in [-0.4, -0.2) is 38.3 Å². The summed E-state index contributed by atoms with van der Waals surface area (Å²) in [4.78, 5) is 12.6. The summed E-state index contributed by atoms with van der Waals surface area (Å²) in [7, 11) is -3.56. The number of benzene rings is 2. The van der Waals surface area contributed by atoms with Gasteiger partial charge in [0.1, 0.15) is 5.75 Å². The number of amides is 1. The molecule has 1 aliphatic heterocycles. The van der Waals surface area contributed by atoms with Gasteiger partial charge in [0.15, 0.2) is 6.61 Å². The van der Waals surface area contributed by atoms with Crippen molar-refractivity contribution in [2.75, 3.05) is 19.7 Å². The van der Waals surface area contributed by atoms with Crippen molar-refractivity contribution in [2.45, 2.75) is 50.5 Å². The van der Waals surface area contributed by atoms with E-state index < -0.39 is 10.0 Å². The Kier molecular flexibility index (Phi) is 7.50. The number of carbonyl (C=O) groups is 1. The molecule has 2 aromatic rings. The second kappa shape index (κ2) is 10.1. The van der Waals surface area contributed by atoms with Gasteiger partial charge in [-0.25, -0.2) is 8.42 Å². The number of rotatable bonds is 8. The van der Waals surface area contributed by atoms with Crippen LogP contribution in [0, 0.1) is 0 Å². The predicted molar refractivity (Wildman–Crippen MR) is 117 cm³/mol. The lowest BCUT2D eigenvalue weighted by atomic mass is 10.0. The first-order valence-corrected chi connectivity index (χ1v) is 11.9. The monoisotopic (exact) mass is 430 g/mol. The fourth-order valence-corrected chi connectivity index (χ4v) is 5.36. The molecule has 162 valence electrons. The highest BCUT2D eigenvalue weighted by molar-refractivity contribution is 7.89. The molecule has 0 atom stereocenters. The Hall–Kier alpha value is -2.38. The number of hydrogen-bond acceptors (Lipinski definition) is 4. The van der Waals surface area contributed by atoms with Gasteiger partial charge in [-0.05, 0) is 42.0 Å². The molecule has 0 spiro atoms. The zero-order valence-electron chi connectivity index (χ0n) is 17.6. The van der Waals surface area contributed by atoms with Crippen molar-refractivity contribution >= 4 is 15.9 Å². The molecule has 30 heavy (non-hydrogen) atoms. The molecule has 0 aliphatic carbocycles. The number of piperidine rings is 1. The van der Waals surface area contributed by atoms with Crippen molar-refractivity contribution in [3.8, 4) is 5.75 Å². The van der Waals surface area contributed by atoms with Crippen LogP contribution >= 0.6 is 0 Å². The Morgan fingerprint density at radius 2 is 1.70 bits per heavy atom. The second-order valence-corrected chi connectivity index (χ2v) is 9.74. The molecule has 7 heteroatoms. The molecule has 0 saturated carbocycles. The van der Waals surface area contributed by atoms with Gasteiger partial charge in [-0.3, -0.25) is 4.79 Å². The molecular weight excluding hydrogens is 400 g/mol. The summed E-state index contributed by atoms with van der Waals surface area (Å²) in [5.41, 5.74) is 1.63. The van der Waals surface area contributed by atoms with E-state index in [1.807, 2.05) is 24.3 Å². The van der Waals surface area contributed by atoms with Crippen molar-refractivity contribution in [3.05, 3.63) is 59.7 Å². The van der Waals surface area contributed by atoms with E-state index in [0.717, 1.165) is 24.8 Å². The molecule has 3 rings (SSSR count). The number of sulfonamides is 1. The van der Waals surface area contributed by atoms with E-state index in [2.05, 4.69) is 19.2 Å². The molecule has 1 aliphatic rings. The Balaban J connectivity index is 1.63. The third-order valence-electron chi connectivity index (χ3n) is 5.28. The number of para-hydroxylation sites is 1. The van der Waals surface area contributed by atoms with Gasteiger partial charge < -0.3 is 10.1 Å². The lowest BCUT2D eigenvalue weighted by Gasteiger charge is -2.26. The molecular formula is C23H30N2O4S. The van der Waals surface area contributed by atoms with Gasteiger partial charge in [-0.1, -0.05) is 56.7 Å². The first-order chi connectivity index (χ1) is 14.4. The summed E-state index contributed by atoms with van der Waals surface area (Å²) >= 11 is 0. The molecule has 1 amide bonds. The van der Waals surface area contributed by atoms with Crippen molar-refractivity contribution in [3.63, 3.8) is 0 Å².